The third kappa shape index (κ3) is 4.81. The van der Waals surface area contributed by atoms with E-state index >= 15 is 0 Å². The van der Waals surface area contributed by atoms with Crippen LogP contribution in [0, 0.1) is 0 Å². The monoisotopic (exact) mass is 424 g/mol. The highest BCUT2D eigenvalue weighted by Gasteiger charge is 2.21. The van der Waals surface area contributed by atoms with Gasteiger partial charge in [-0.1, -0.05) is 29.5 Å². The molecular formula is C22H20N2O3S2. The second kappa shape index (κ2) is 9.15. The van der Waals surface area contributed by atoms with Gasteiger partial charge in [-0.2, -0.15) is 0 Å². The van der Waals surface area contributed by atoms with Crippen molar-refractivity contribution in [3.05, 3.63) is 72.7 Å². The van der Waals surface area contributed by atoms with Gasteiger partial charge >= 0.3 is 0 Å². The smallest absolute Gasteiger partial charge is 0.230 e. The van der Waals surface area contributed by atoms with Crippen molar-refractivity contribution in [3.63, 3.8) is 0 Å². The van der Waals surface area contributed by atoms with Gasteiger partial charge in [-0.05, 0) is 36.4 Å². The van der Waals surface area contributed by atoms with Crippen LogP contribution in [0.2, 0.25) is 0 Å². The zero-order valence-electron chi connectivity index (χ0n) is 15.9. The fourth-order valence-corrected chi connectivity index (χ4v) is 4.69. The Kier molecular flexibility index (Phi) is 6.17. The Morgan fingerprint density at radius 2 is 2.03 bits per heavy atom. The summed E-state index contributed by atoms with van der Waals surface area (Å²) >= 11 is 3.17. The average Bonchev–Trinajstić information content (AvgIpc) is 3.41. The van der Waals surface area contributed by atoms with E-state index in [1.54, 1.807) is 30.0 Å². The molecule has 4 aromatic rings. The third-order valence-electron chi connectivity index (χ3n) is 4.34. The summed E-state index contributed by atoms with van der Waals surface area (Å²) in [6.07, 6.45) is 2.03. The first-order valence-electron chi connectivity index (χ1n) is 9.18. The summed E-state index contributed by atoms with van der Waals surface area (Å²) in [5, 5.41) is 0.666. The highest BCUT2D eigenvalue weighted by atomic mass is 32.2. The number of hydrogen-bond donors (Lipinski definition) is 0. The number of benzene rings is 2. The first kappa shape index (κ1) is 19.5. The Morgan fingerprint density at radius 1 is 1.17 bits per heavy atom. The van der Waals surface area contributed by atoms with E-state index in [4.69, 9.17) is 9.15 Å². The molecule has 0 unspecified atom stereocenters. The molecule has 0 spiro atoms. The van der Waals surface area contributed by atoms with Gasteiger partial charge in [0.2, 0.25) is 5.91 Å². The van der Waals surface area contributed by atoms with Crippen LogP contribution in [-0.2, 0) is 11.3 Å². The van der Waals surface area contributed by atoms with Crippen molar-refractivity contribution >= 4 is 44.4 Å². The van der Waals surface area contributed by atoms with Crippen molar-refractivity contribution in [2.24, 2.45) is 0 Å². The van der Waals surface area contributed by atoms with Crippen molar-refractivity contribution in [3.8, 4) is 5.75 Å². The lowest BCUT2D eigenvalue weighted by Gasteiger charge is -2.18. The SMILES string of the molecule is COc1ccc2sc(N(Cc3ccco3)C(=O)CCSc3ccccc3)nc2c1. The van der Waals surface area contributed by atoms with Crippen molar-refractivity contribution in [2.45, 2.75) is 17.9 Å². The zero-order valence-corrected chi connectivity index (χ0v) is 17.5. The summed E-state index contributed by atoms with van der Waals surface area (Å²) in [5.74, 6) is 2.20. The number of ether oxygens (including phenoxy) is 1. The normalized spacial score (nSPS) is 10.9. The number of thiazole rings is 1. The van der Waals surface area contributed by atoms with Crippen molar-refractivity contribution < 1.29 is 13.9 Å². The summed E-state index contributed by atoms with van der Waals surface area (Å²) in [4.78, 5) is 20.6. The minimum absolute atomic E-state index is 0.0239. The third-order valence-corrected chi connectivity index (χ3v) is 6.41. The van der Waals surface area contributed by atoms with E-state index in [1.807, 2.05) is 48.5 Å². The van der Waals surface area contributed by atoms with Crippen LogP contribution >= 0.6 is 23.1 Å². The number of carbonyl (C=O) groups is 1. The zero-order chi connectivity index (χ0) is 20.1. The van der Waals surface area contributed by atoms with Gasteiger partial charge in [-0.25, -0.2) is 4.98 Å². The number of anilines is 1. The van der Waals surface area contributed by atoms with Crippen LogP contribution < -0.4 is 9.64 Å². The second-order valence-electron chi connectivity index (χ2n) is 6.30. The number of methoxy groups -OCH3 is 1. The Hall–Kier alpha value is -2.77. The predicted octanol–water partition coefficient (Wildman–Crippen LogP) is 5.61. The van der Waals surface area contributed by atoms with Crippen molar-refractivity contribution in [1.82, 2.24) is 4.98 Å². The number of furan rings is 1. The highest BCUT2D eigenvalue weighted by Crippen LogP contribution is 2.32. The fraction of sp³-hybridized carbons (Fsp3) is 0.182. The molecule has 0 fully saturated rings. The minimum Gasteiger partial charge on any atom is -0.497 e. The van der Waals surface area contributed by atoms with E-state index in [0.29, 0.717) is 23.8 Å². The molecule has 2 aromatic heterocycles. The summed E-state index contributed by atoms with van der Waals surface area (Å²) in [5.41, 5.74) is 0.820. The maximum Gasteiger partial charge on any atom is 0.230 e. The van der Waals surface area contributed by atoms with Gasteiger partial charge < -0.3 is 9.15 Å². The van der Waals surface area contributed by atoms with Crippen LogP contribution in [0.15, 0.2) is 76.2 Å². The number of amides is 1. The first-order valence-corrected chi connectivity index (χ1v) is 11.0. The van der Waals surface area contributed by atoms with Crippen LogP contribution in [0.1, 0.15) is 12.2 Å². The van der Waals surface area contributed by atoms with Gasteiger partial charge in [0.1, 0.15) is 11.5 Å². The number of fused-ring (bicyclic) bond motifs is 1. The quantitative estimate of drug-likeness (QED) is 0.344. The Bertz CT molecular complexity index is 1080. The van der Waals surface area contributed by atoms with E-state index in [9.17, 15) is 4.79 Å². The molecule has 2 aromatic carbocycles. The molecule has 5 nitrogen and oxygen atoms in total. The van der Waals surface area contributed by atoms with Gasteiger partial charge in [0.05, 0.1) is 30.1 Å². The molecule has 0 saturated heterocycles. The molecule has 0 bridgehead atoms. The number of aromatic nitrogens is 1. The molecule has 0 aliphatic rings. The molecule has 148 valence electrons. The number of carbonyl (C=O) groups excluding carboxylic acids is 1. The lowest BCUT2D eigenvalue weighted by molar-refractivity contribution is -0.118. The maximum absolute atomic E-state index is 13.1. The van der Waals surface area contributed by atoms with Crippen molar-refractivity contribution in [2.75, 3.05) is 17.8 Å². The topological polar surface area (TPSA) is 55.6 Å². The van der Waals surface area contributed by atoms with E-state index < -0.39 is 0 Å². The molecule has 4 rings (SSSR count). The molecular weight excluding hydrogens is 404 g/mol. The second-order valence-corrected chi connectivity index (χ2v) is 8.48. The summed E-state index contributed by atoms with van der Waals surface area (Å²) in [6, 6.07) is 19.6. The predicted molar refractivity (Wildman–Crippen MR) is 118 cm³/mol. The molecule has 0 radical (unpaired) electrons. The lowest BCUT2D eigenvalue weighted by atomic mass is 10.3. The summed E-state index contributed by atoms with van der Waals surface area (Å²) in [6.45, 7) is 0.360. The molecule has 0 saturated carbocycles. The Morgan fingerprint density at radius 3 is 2.79 bits per heavy atom. The molecule has 1 amide bonds. The van der Waals surface area contributed by atoms with Gasteiger partial charge in [0.15, 0.2) is 5.13 Å². The highest BCUT2D eigenvalue weighted by molar-refractivity contribution is 7.99. The number of nitrogens with zero attached hydrogens (tertiary/aromatic N) is 2. The van der Waals surface area contributed by atoms with Crippen LogP contribution in [0.4, 0.5) is 5.13 Å². The fourth-order valence-electron chi connectivity index (χ4n) is 2.87. The Labute approximate surface area is 177 Å². The average molecular weight is 425 g/mol. The number of thioether (sulfide) groups is 1. The standard InChI is InChI=1S/C22H20N2O3S2/c1-26-16-9-10-20-19(14-16)23-22(29-20)24(15-17-6-5-12-27-17)21(25)11-13-28-18-7-3-2-4-8-18/h2-10,12,14H,11,13,15H2,1H3. The van der Waals surface area contributed by atoms with E-state index in [2.05, 4.69) is 17.1 Å². The molecule has 0 N–H and O–H groups in total. The Balaban J connectivity index is 1.53. The first-order chi connectivity index (χ1) is 14.2. The summed E-state index contributed by atoms with van der Waals surface area (Å²) in [7, 11) is 1.63. The van der Waals surface area contributed by atoms with Crippen LogP contribution in [0.25, 0.3) is 10.2 Å². The largest absolute Gasteiger partial charge is 0.497 e. The molecule has 29 heavy (non-hydrogen) atoms. The van der Waals surface area contributed by atoms with Gasteiger partial charge in [-0.3, -0.25) is 9.69 Å². The van der Waals surface area contributed by atoms with Crippen molar-refractivity contribution in [1.29, 1.82) is 0 Å². The number of hydrogen-bond acceptors (Lipinski definition) is 6. The molecule has 7 heteroatoms. The van der Waals surface area contributed by atoms with Gasteiger partial charge in [0.25, 0.3) is 0 Å². The lowest BCUT2D eigenvalue weighted by Crippen LogP contribution is -2.30. The number of rotatable bonds is 8. The molecule has 0 atom stereocenters. The summed E-state index contributed by atoms with van der Waals surface area (Å²) < 4.78 is 11.8. The van der Waals surface area contributed by atoms with E-state index in [-0.39, 0.29) is 5.91 Å². The van der Waals surface area contributed by atoms with E-state index in [0.717, 1.165) is 26.6 Å². The minimum atomic E-state index is 0.0239. The van der Waals surface area contributed by atoms with Gasteiger partial charge in [-0.15, -0.1) is 11.8 Å². The maximum atomic E-state index is 13.1. The molecule has 2 heterocycles. The van der Waals surface area contributed by atoms with E-state index in [1.165, 1.54) is 11.3 Å². The van der Waals surface area contributed by atoms with Crippen LogP contribution in [-0.4, -0.2) is 23.8 Å². The van der Waals surface area contributed by atoms with Crippen LogP contribution in [0.5, 0.6) is 5.75 Å². The van der Waals surface area contributed by atoms with Crippen LogP contribution in [0.3, 0.4) is 0 Å². The molecule has 0 aliphatic heterocycles. The van der Waals surface area contributed by atoms with Gasteiger partial charge in [0, 0.05) is 23.1 Å². The molecule has 0 aliphatic carbocycles.